The van der Waals surface area contributed by atoms with Crippen LogP contribution < -0.4 is 4.74 Å². The second-order valence-corrected chi connectivity index (χ2v) is 18.3. The first kappa shape index (κ1) is 47.4. The van der Waals surface area contributed by atoms with Crippen LogP contribution >= 0.6 is 0 Å². The molecule has 3 aliphatic rings. The van der Waals surface area contributed by atoms with Crippen LogP contribution in [-0.2, 0) is 0 Å². The van der Waals surface area contributed by atoms with Gasteiger partial charge >= 0.3 is 0 Å². The predicted molar refractivity (Wildman–Crippen MR) is 291 cm³/mol. The van der Waals surface area contributed by atoms with Crippen molar-refractivity contribution in [1.29, 1.82) is 0 Å². The highest BCUT2D eigenvalue weighted by molar-refractivity contribution is 6.12. The van der Waals surface area contributed by atoms with Gasteiger partial charge in [0, 0.05) is 22.6 Å². The Morgan fingerprint density at radius 1 is 0.721 bits per heavy atom. The van der Waals surface area contributed by atoms with Gasteiger partial charge in [0.15, 0.2) is 5.84 Å². The summed E-state index contributed by atoms with van der Waals surface area (Å²) in [6, 6.07) is 53.0. The van der Waals surface area contributed by atoms with Crippen LogP contribution in [0, 0.1) is 25.2 Å². The Kier molecular flexibility index (Phi) is 14.8. The van der Waals surface area contributed by atoms with Crippen LogP contribution in [-0.4, -0.2) is 11.5 Å². The molecule has 2 saturated carbocycles. The van der Waals surface area contributed by atoms with Crippen molar-refractivity contribution >= 4 is 22.7 Å². The number of nitrogens with zero attached hydrogens (tertiary/aromatic N) is 2. The van der Waals surface area contributed by atoms with Gasteiger partial charge in [-0.3, -0.25) is 0 Å². The third-order valence-electron chi connectivity index (χ3n) is 13.6. The van der Waals surface area contributed by atoms with Crippen molar-refractivity contribution in [3.8, 4) is 22.6 Å². The number of amidine groups is 1. The zero-order chi connectivity index (χ0) is 47.8. The van der Waals surface area contributed by atoms with E-state index in [9.17, 15) is 0 Å². The minimum Gasteiger partial charge on any atom is -0.457 e. The second-order valence-electron chi connectivity index (χ2n) is 18.3. The fraction of sp³-hybridized carbons (Fsp3) is 0.231. The van der Waals surface area contributed by atoms with Gasteiger partial charge in [-0.15, -0.1) is 0 Å². The monoisotopic (exact) mass is 891 g/mol. The largest absolute Gasteiger partial charge is 0.457 e. The standard InChI is InChI=1S/C63H60N2O.C2H6/c1-8-45(53-32-21-33-54(46-35-36-46)61(53)51-30-20-19-23-42(51)3)40-58-56(39-43(4)64-62(48-26-15-11-16-27-48)65-59(9-2)47-24-13-10-14-25-47)55-38-37-49(41-57(55)63(58,6)7)52-31-22-34-60(44(52)5)66-50-28-17-12-18-29-50;1-2/h8,10-34,37,39-41,46,55H,4,9,35-36,38H2,1-3,5-7H3;1-2H3/b45-8+,56-39?,58-40+,64-62?,65-59?;. The maximum absolute atomic E-state index is 6.44. The Labute approximate surface area is 406 Å². The molecule has 9 rings (SSSR count). The summed E-state index contributed by atoms with van der Waals surface area (Å²) in [5.41, 5.74) is 18.8. The summed E-state index contributed by atoms with van der Waals surface area (Å²) < 4.78 is 6.44. The van der Waals surface area contributed by atoms with E-state index in [0.717, 1.165) is 46.7 Å². The van der Waals surface area contributed by atoms with E-state index >= 15 is 0 Å². The molecule has 3 heteroatoms. The third kappa shape index (κ3) is 10.1. The number of allylic oxidation sites excluding steroid dienone is 10. The summed E-state index contributed by atoms with van der Waals surface area (Å²) in [5, 5.41) is 0. The summed E-state index contributed by atoms with van der Waals surface area (Å²) in [6.45, 7) is 22.2. The molecule has 0 saturated heterocycles. The van der Waals surface area contributed by atoms with Crippen LogP contribution in [0.1, 0.15) is 112 Å². The minimum atomic E-state index is -0.319. The van der Waals surface area contributed by atoms with Crippen LogP contribution in [0.25, 0.3) is 22.3 Å². The van der Waals surface area contributed by atoms with Crippen molar-refractivity contribution in [2.45, 2.75) is 87.0 Å². The lowest BCUT2D eigenvalue weighted by Gasteiger charge is -2.27. The summed E-state index contributed by atoms with van der Waals surface area (Å²) in [6.07, 6.45) is 16.0. The number of para-hydroxylation sites is 1. The molecule has 3 aliphatic carbocycles. The van der Waals surface area contributed by atoms with Gasteiger partial charge in [0.2, 0.25) is 0 Å². The first-order valence-electron chi connectivity index (χ1n) is 24.7. The zero-order valence-electron chi connectivity index (χ0n) is 41.3. The van der Waals surface area contributed by atoms with Crippen molar-refractivity contribution in [3.05, 3.63) is 250 Å². The van der Waals surface area contributed by atoms with Crippen LogP contribution in [0.15, 0.2) is 221 Å². The number of hydrogen-bond acceptors (Lipinski definition) is 2. The zero-order valence-corrected chi connectivity index (χ0v) is 41.3. The molecule has 0 heterocycles. The second kappa shape index (κ2) is 21.2. The number of ether oxygens (including phenoxy) is 1. The van der Waals surface area contributed by atoms with E-state index in [0.29, 0.717) is 17.5 Å². The van der Waals surface area contributed by atoms with E-state index in [1.54, 1.807) is 0 Å². The molecule has 342 valence electrons. The average Bonchev–Trinajstić information content (AvgIpc) is 4.20. The summed E-state index contributed by atoms with van der Waals surface area (Å²) in [7, 11) is 0. The van der Waals surface area contributed by atoms with Crippen LogP contribution in [0.3, 0.4) is 0 Å². The highest BCUT2D eigenvalue weighted by atomic mass is 16.5. The molecule has 0 amide bonds. The Balaban J connectivity index is 0.00000308. The SMILES string of the molecule is C=C(C=C1/C(=C\C(=C/C)c2cccc(C3CC3)c2-c2ccccc2C)C(C)(C)C2=CC(c3cccc(Oc4ccccc4)c3C)=CCC12)N=C(N=C(CC)c1ccccc1)c1ccccc1.CC. The normalized spacial score (nSPS) is 18.1. The lowest BCUT2D eigenvalue weighted by atomic mass is 9.77. The van der Waals surface area contributed by atoms with Crippen molar-refractivity contribution < 1.29 is 4.74 Å². The molecule has 3 nitrogen and oxygen atoms in total. The molecule has 2 fully saturated rings. The Hall–Kier alpha value is -7.10. The van der Waals surface area contributed by atoms with Crippen LogP contribution in [0.4, 0.5) is 0 Å². The molecule has 1 atom stereocenters. The van der Waals surface area contributed by atoms with E-state index in [1.807, 2.05) is 68.4 Å². The number of aliphatic imine (C=N–C) groups is 2. The fourth-order valence-electron chi connectivity index (χ4n) is 9.96. The van der Waals surface area contributed by atoms with E-state index in [2.05, 4.69) is 176 Å². The minimum absolute atomic E-state index is 0.136. The van der Waals surface area contributed by atoms with Gasteiger partial charge in [0.25, 0.3) is 0 Å². The van der Waals surface area contributed by atoms with Crippen LogP contribution in [0.2, 0.25) is 0 Å². The van der Waals surface area contributed by atoms with Gasteiger partial charge < -0.3 is 4.74 Å². The molecular formula is C65H66N2O. The molecule has 0 N–H and O–H groups in total. The van der Waals surface area contributed by atoms with Gasteiger partial charge in [-0.25, -0.2) is 9.98 Å². The van der Waals surface area contributed by atoms with E-state index in [4.69, 9.17) is 14.7 Å². The van der Waals surface area contributed by atoms with Crippen molar-refractivity contribution in [2.24, 2.45) is 21.3 Å². The number of benzene rings is 6. The molecule has 1 unspecified atom stereocenters. The molecule has 0 aliphatic heterocycles. The quantitative estimate of drug-likeness (QED) is 0.0890. The van der Waals surface area contributed by atoms with Gasteiger partial charge in [-0.1, -0.05) is 205 Å². The van der Waals surface area contributed by atoms with Gasteiger partial charge in [0.05, 0.1) is 5.70 Å². The lowest BCUT2D eigenvalue weighted by molar-refractivity contribution is 0.478. The topological polar surface area (TPSA) is 34.0 Å². The van der Waals surface area contributed by atoms with E-state index in [1.165, 1.54) is 74.1 Å². The van der Waals surface area contributed by atoms with E-state index in [-0.39, 0.29) is 11.3 Å². The highest BCUT2D eigenvalue weighted by Gasteiger charge is 2.45. The molecule has 0 aromatic heterocycles. The number of aryl methyl sites for hydroxylation is 1. The van der Waals surface area contributed by atoms with Gasteiger partial charge in [-0.05, 0) is 143 Å². The summed E-state index contributed by atoms with van der Waals surface area (Å²) in [4.78, 5) is 10.5. The maximum Gasteiger partial charge on any atom is 0.159 e. The predicted octanol–water partition coefficient (Wildman–Crippen LogP) is 17.9. The fourth-order valence-corrected chi connectivity index (χ4v) is 9.96. The molecule has 0 spiro atoms. The summed E-state index contributed by atoms with van der Waals surface area (Å²) in [5.74, 6) is 3.09. The van der Waals surface area contributed by atoms with Crippen molar-refractivity contribution in [2.75, 3.05) is 0 Å². The number of hydrogen-bond donors (Lipinski definition) is 0. The van der Waals surface area contributed by atoms with E-state index < -0.39 is 0 Å². The molecule has 6 aromatic carbocycles. The Morgan fingerprint density at radius 2 is 1.35 bits per heavy atom. The van der Waals surface area contributed by atoms with Gasteiger partial charge in [-0.2, -0.15) is 0 Å². The molecule has 6 aromatic rings. The molecule has 68 heavy (non-hydrogen) atoms. The first-order valence-corrected chi connectivity index (χ1v) is 24.7. The third-order valence-corrected chi connectivity index (χ3v) is 13.6. The number of fused-ring (bicyclic) bond motifs is 1. The number of rotatable bonds is 12. The highest BCUT2D eigenvalue weighted by Crippen LogP contribution is 2.58. The smallest absolute Gasteiger partial charge is 0.159 e. The molecular weight excluding hydrogens is 825 g/mol. The Morgan fingerprint density at radius 3 is 2.01 bits per heavy atom. The van der Waals surface area contributed by atoms with Crippen molar-refractivity contribution in [1.82, 2.24) is 0 Å². The van der Waals surface area contributed by atoms with Gasteiger partial charge in [0.1, 0.15) is 11.5 Å². The molecule has 0 radical (unpaired) electrons. The molecule has 0 bridgehead atoms. The first-order chi connectivity index (χ1) is 33.1. The average molecular weight is 891 g/mol. The Bertz CT molecular complexity index is 3000. The lowest BCUT2D eigenvalue weighted by Crippen LogP contribution is -2.15. The van der Waals surface area contributed by atoms with Crippen molar-refractivity contribution in [3.63, 3.8) is 0 Å². The summed E-state index contributed by atoms with van der Waals surface area (Å²) >= 11 is 0. The maximum atomic E-state index is 6.44. The van der Waals surface area contributed by atoms with Crippen LogP contribution in [0.5, 0.6) is 11.5 Å².